The number of nitrogens with zero attached hydrogens (tertiary/aromatic N) is 5. The maximum absolute atomic E-state index is 12.3. The van der Waals surface area contributed by atoms with Crippen LogP contribution in [-0.2, 0) is 24.9 Å². The minimum absolute atomic E-state index is 0.000611. The Morgan fingerprint density at radius 1 is 1.11 bits per heavy atom. The highest BCUT2D eigenvalue weighted by Crippen LogP contribution is 2.76. The molecule has 0 bridgehead atoms. The molecule has 0 amide bonds. The van der Waals surface area contributed by atoms with Crippen molar-refractivity contribution in [2.75, 3.05) is 11.9 Å². The summed E-state index contributed by atoms with van der Waals surface area (Å²) in [5.74, 6) is 0.179. The average Bonchev–Trinajstić information content (AvgIpc) is 3.37. The molecule has 1 aliphatic rings. The second kappa shape index (κ2) is 11.0. The van der Waals surface area contributed by atoms with Crippen molar-refractivity contribution in [2.24, 2.45) is 0 Å². The SMILES string of the molecule is O=P(O)(O)C(Cl)(Cl)P(=O)(O)OC[C@H]1O[C@@H](n2nnc3c(NCc4ccccc4Cl)nc(Cl)nc32)[C@H](O)[C@@H]1O. The average molecular weight is 654 g/mol. The van der Waals surface area contributed by atoms with Crippen molar-refractivity contribution in [1.82, 2.24) is 25.0 Å². The number of aliphatic hydroxyl groups is 2. The van der Waals surface area contributed by atoms with E-state index in [0.29, 0.717) is 5.02 Å². The van der Waals surface area contributed by atoms with Gasteiger partial charge in [-0.05, 0) is 23.2 Å². The fourth-order valence-electron chi connectivity index (χ4n) is 3.40. The molecule has 3 aromatic rings. The van der Waals surface area contributed by atoms with Crippen LogP contribution in [-0.4, -0.2) is 78.6 Å². The van der Waals surface area contributed by atoms with Crippen molar-refractivity contribution in [3.05, 3.63) is 40.1 Å². The molecule has 5 atom stereocenters. The molecule has 4 rings (SSSR count). The number of hydrogen-bond donors (Lipinski definition) is 6. The first kappa shape index (κ1) is 29.8. The van der Waals surface area contributed by atoms with Gasteiger partial charge in [-0.1, -0.05) is 58.2 Å². The van der Waals surface area contributed by atoms with E-state index in [9.17, 15) is 24.2 Å². The van der Waals surface area contributed by atoms with Crippen LogP contribution in [0.3, 0.4) is 0 Å². The Balaban J connectivity index is 1.55. The minimum atomic E-state index is -5.52. The summed E-state index contributed by atoms with van der Waals surface area (Å²) in [5, 5.41) is 32.2. The highest BCUT2D eigenvalue weighted by atomic mass is 35.5. The first-order chi connectivity index (χ1) is 17.6. The predicted octanol–water partition coefficient (Wildman–Crippen LogP) is 2.23. The number of alkyl halides is 2. The molecule has 0 aliphatic carbocycles. The zero-order chi connectivity index (χ0) is 28.0. The normalized spacial score (nSPS) is 24.0. The van der Waals surface area contributed by atoms with E-state index < -0.39 is 50.2 Å². The van der Waals surface area contributed by atoms with Gasteiger partial charge in [-0.15, -0.1) is 5.10 Å². The van der Waals surface area contributed by atoms with Gasteiger partial charge in [0.25, 0.3) is 0 Å². The van der Waals surface area contributed by atoms with Gasteiger partial charge in [-0.3, -0.25) is 9.13 Å². The number of anilines is 1. The van der Waals surface area contributed by atoms with Crippen molar-refractivity contribution in [1.29, 1.82) is 0 Å². The summed E-state index contributed by atoms with van der Waals surface area (Å²) in [5.41, 5.74) is 0.879. The van der Waals surface area contributed by atoms with Crippen molar-refractivity contribution < 1.29 is 43.3 Å². The lowest BCUT2D eigenvalue weighted by molar-refractivity contribution is -0.0551. The van der Waals surface area contributed by atoms with Crippen LogP contribution >= 0.6 is 61.6 Å². The smallest absolute Gasteiger partial charge is 0.376 e. The van der Waals surface area contributed by atoms with E-state index in [1.807, 2.05) is 0 Å². The number of ether oxygens (including phenoxy) is 1. The fourth-order valence-corrected chi connectivity index (χ4v) is 6.06. The van der Waals surface area contributed by atoms with Crippen LogP contribution in [0.25, 0.3) is 11.2 Å². The van der Waals surface area contributed by atoms with E-state index in [1.54, 1.807) is 24.3 Å². The predicted molar refractivity (Wildman–Crippen MR) is 135 cm³/mol. The standard InChI is InChI=1S/C17H18Cl4N6O9P2/c18-8-4-2-1-3-7(8)5-22-13-10-14(24-16(19)23-13)27(26-25-10)15-12(29)11(28)9(36-15)6-35-38(33,34)17(20,21)37(30,31)32/h1-4,9,11-12,15,28-29H,5-6H2,(H,33,34)(H,22,23,24)(H2,30,31,32)/t9-,11-,12-,15-/m1/s1. The molecule has 208 valence electrons. The Labute approximate surface area is 233 Å². The Morgan fingerprint density at radius 3 is 2.45 bits per heavy atom. The molecule has 1 aliphatic heterocycles. The summed E-state index contributed by atoms with van der Waals surface area (Å²) in [7, 11) is -10.9. The Kier molecular flexibility index (Phi) is 8.64. The lowest BCUT2D eigenvalue weighted by atomic mass is 10.1. The molecule has 0 spiro atoms. The van der Waals surface area contributed by atoms with Crippen LogP contribution in [0.4, 0.5) is 5.82 Å². The van der Waals surface area contributed by atoms with E-state index in [1.165, 1.54) is 0 Å². The number of aromatic nitrogens is 5. The fraction of sp³-hybridized carbons (Fsp3) is 0.412. The van der Waals surface area contributed by atoms with Crippen molar-refractivity contribution in [3.8, 4) is 0 Å². The second-order valence-electron chi connectivity index (χ2n) is 7.91. The second-order valence-corrected chi connectivity index (χ2v) is 15.1. The summed E-state index contributed by atoms with van der Waals surface area (Å²) >= 11 is 23.0. The molecule has 1 aromatic carbocycles. The number of nitrogens with one attached hydrogen (secondary N) is 1. The highest BCUT2D eigenvalue weighted by molar-refractivity contribution is 7.78. The van der Waals surface area contributed by atoms with Gasteiger partial charge in [0.2, 0.25) is 5.28 Å². The first-order valence-corrected chi connectivity index (χ1v) is 15.0. The molecule has 1 unspecified atom stereocenters. The van der Waals surface area contributed by atoms with E-state index >= 15 is 0 Å². The third kappa shape index (κ3) is 5.68. The monoisotopic (exact) mass is 652 g/mol. The summed E-state index contributed by atoms with van der Waals surface area (Å²) in [6.45, 7) is -0.704. The Morgan fingerprint density at radius 2 is 1.79 bits per heavy atom. The molecule has 0 radical (unpaired) electrons. The maximum Gasteiger partial charge on any atom is 0.376 e. The summed E-state index contributed by atoms with van der Waals surface area (Å²) in [6.07, 6.45) is -6.34. The molecular weight excluding hydrogens is 636 g/mol. The van der Waals surface area contributed by atoms with Gasteiger partial charge in [0.1, 0.15) is 18.3 Å². The van der Waals surface area contributed by atoms with Crippen LogP contribution in [0.5, 0.6) is 0 Å². The van der Waals surface area contributed by atoms with Gasteiger partial charge in [0, 0.05) is 11.6 Å². The van der Waals surface area contributed by atoms with Crippen LogP contribution in [0, 0.1) is 0 Å². The number of fused-ring (bicyclic) bond motifs is 1. The quantitative estimate of drug-likeness (QED) is 0.111. The molecule has 21 heteroatoms. The van der Waals surface area contributed by atoms with Gasteiger partial charge >= 0.3 is 19.0 Å². The molecule has 3 heterocycles. The topological polar surface area (TPSA) is 222 Å². The van der Waals surface area contributed by atoms with Crippen molar-refractivity contribution >= 4 is 78.6 Å². The van der Waals surface area contributed by atoms with Crippen LogP contribution in [0.1, 0.15) is 11.8 Å². The number of halogens is 4. The number of benzene rings is 1. The van der Waals surface area contributed by atoms with Gasteiger partial charge in [0.15, 0.2) is 23.2 Å². The van der Waals surface area contributed by atoms with Gasteiger partial charge in [0.05, 0.1) is 6.61 Å². The largest absolute Gasteiger partial charge is 0.387 e. The van der Waals surface area contributed by atoms with E-state index in [2.05, 4.69) is 30.1 Å². The zero-order valence-electron chi connectivity index (χ0n) is 18.5. The Hall–Kier alpha value is -1.16. The molecule has 2 aromatic heterocycles. The molecule has 1 saturated heterocycles. The van der Waals surface area contributed by atoms with Crippen molar-refractivity contribution in [3.63, 3.8) is 0 Å². The van der Waals surface area contributed by atoms with Crippen LogP contribution in [0.2, 0.25) is 10.3 Å². The lowest BCUT2D eigenvalue weighted by Crippen LogP contribution is -2.34. The summed E-state index contributed by atoms with van der Waals surface area (Å²) in [4.78, 5) is 36.4. The van der Waals surface area contributed by atoms with Crippen LogP contribution in [0.15, 0.2) is 24.3 Å². The van der Waals surface area contributed by atoms with Gasteiger partial charge < -0.3 is 39.5 Å². The molecule has 1 fully saturated rings. The molecular formula is C17H18Cl4N6O9P2. The third-order valence-corrected chi connectivity index (χ3v) is 11.9. The van der Waals surface area contributed by atoms with E-state index in [4.69, 9.17) is 60.9 Å². The lowest BCUT2D eigenvalue weighted by Gasteiger charge is -2.26. The minimum Gasteiger partial charge on any atom is -0.387 e. The van der Waals surface area contributed by atoms with E-state index in [0.717, 1.165) is 10.2 Å². The van der Waals surface area contributed by atoms with E-state index in [-0.39, 0.29) is 28.8 Å². The third-order valence-electron chi connectivity index (χ3n) is 5.38. The molecule has 6 N–H and O–H groups in total. The molecule has 0 saturated carbocycles. The van der Waals surface area contributed by atoms with Crippen molar-refractivity contribution in [2.45, 2.75) is 34.9 Å². The number of aliphatic hydroxyl groups excluding tert-OH is 2. The van der Waals surface area contributed by atoms with Gasteiger partial charge in [-0.25, -0.2) is 0 Å². The van der Waals surface area contributed by atoms with Crippen LogP contribution < -0.4 is 5.32 Å². The molecule has 15 nitrogen and oxygen atoms in total. The highest BCUT2D eigenvalue weighted by Gasteiger charge is 2.60. The summed E-state index contributed by atoms with van der Waals surface area (Å²) < 4.78 is 31.4. The maximum atomic E-state index is 12.3. The first-order valence-electron chi connectivity index (χ1n) is 10.3. The van der Waals surface area contributed by atoms with Gasteiger partial charge in [-0.2, -0.15) is 14.6 Å². The summed E-state index contributed by atoms with van der Waals surface area (Å²) in [6, 6.07) is 7.08. The number of rotatable bonds is 9. The zero-order valence-corrected chi connectivity index (χ0v) is 23.4. The number of hydrogen-bond acceptors (Lipinski definition) is 11. The molecule has 38 heavy (non-hydrogen) atoms. The Bertz CT molecular complexity index is 1440.